The second-order valence-corrected chi connectivity index (χ2v) is 6.06. The first kappa shape index (κ1) is 15.7. The molecular formula is C10H14ClN3O4S. The van der Waals surface area contributed by atoms with Crippen LogP contribution in [0.3, 0.4) is 0 Å². The zero-order chi connectivity index (χ0) is 14.8. The minimum atomic E-state index is -3.93. The lowest BCUT2D eigenvalue weighted by Gasteiger charge is -2.11. The van der Waals surface area contributed by atoms with E-state index in [1.807, 2.05) is 4.72 Å². The van der Waals surface area contributed by atoms with Crippen LogP contribution in [0.25, 0.3) is 0 Å². The Kier molecular flexibility index (Phi) is 4.75. The highest BCUT2D eigenvalue weighted by Crippen LogP contribution is 2.25. The molecule has 0 fully saturated rings. The largest absolute Gasteiger partial charge is 0.398 e. The molecule has 1 aromatic rings. The molecule has 106 valence electrons. The highest BCUT2D eigenvalue weighted by Gasteiger charge is 2.20. The van der Waals surface area contributed by atoms with Gasteiger partial charge >= 0.3 is 0 Å². The van der Waals surface area contributed by atoms with Crippen LogP contribution in [0.2, 0.25) is 5.02 Å². The topological polar surface area (TPSA) is 136 Å². The van der Waals surface area contributed by atoms with Gasteiger partial charge in [-0.25, -0.2) is 13.1 Å². The van der Waals surface area contributed by atoms with Gasteiger partial charge in [0.05, 0.1) is 4.90 Å². The fraction of sp³-hybridized carbons (Fsp3) is 0.300. The van der Waals surface area contributed by atoms with Gasteiger partial charge in [0.1, 0.15) is 6.10 Å². The summed E-state index contributed by atoms with van der Waals surface area (Å²) >= 11 is 5.84. The molecule has 0 saturated heterocycles. The van der Waals surface area contributed by atoms with E-state index in [-0.39, 0.29) is 15.6 Å². The highest BCUT2D eigenvalue weighted by atomic mass is 35.5. The number of nitrogens with one attached hydrogen (secondary N) is 1. The molecular weight excluding hydrogens is 294 g/mol. The van der Waals surface area contributed by atoms with E-state index in [2.05, 4.69) is 0 Å². The van der Waals surface area contributed by atoms with Gasteiger partial charge in [0.2, 0.25) is 15.9 Å². The number of primary amides is 1. The van der Waals surface area contributed by atoms with Crippen molar-refractivity contribution in [2.75, 3.05) is 12.3 Å². The number of halogens is 1. The molecule has 0 aliphatic rings. The van der Waals surface area contributed by atoms with E-state index in [4.69, 9.17) is 28.2 Å². The molecule has 9 heteroatoms. The maximum absolute atomic E-state index is 11.9. The lowest BCUT2D eigenvalue weighted by atomic mass is 10.2. The van der Waals surface area contributed by atoms with Crippen LogP contribution in [0.15, 0.2) is 17.0 Å². The van der Waals surface area contributed by atoms with Gasteiger partial charge < -0.3 is 16.6 Å². The SMILES string of the molecule is Cc1c(N)cc(S(=O)(=O)NCC(O)C(N)=O)cc1Cl. The number of hydrogen-bond donors (Lipinski definition) is 4. The smallest absolute Gasteiger partial charge is 0.247 e. The zero-order valence-corrected chi connectivity index (χ0v) is 11.6. The number of carbonyl (C=O) groups excluding carboxylic acids is 1. The first-order valence-corrected chi connectivity index (χ1v) is 7.04. The lowest BCUT2D eigenvalue weighted by Crippen LogP contribution is -2.39. The van der Waals surface area contributed by atoms with Gasteiger partial charge in [-0.15, -0.1) is 0 Å². The van der Waals surface area contributed by atoms with Gasteiger partial charge in [0, 0.05) is 17.3 Å². The number of benzene rings is 1. The van der Waals surface area contributed by atoms with Gasteiger partial charge in [-0.1, -0.05) is 11.6 Å². The molecule has 0 radical (unpaired) electrons. The normalized spacial score (nSPS) is 13.2. The third kappa shape index (κ3) is 3.80. The van der Waals surface area contributed by atoms with Crippen LogP contribution in [-0.2, 0) is 14.8 Å². The summed E-state index contributed by atoms with van der Waals surface area (Å²) in [4.78, 5) is 10.4. The Morgan fingerprint density at radius 3 is 2.58 bits per heavy atom. The number of carbonyl (C=O) groups is 1. The van der Waals surface area contributed by atoms with E-state index in [0.717, 1.165) is 0 Å². The predicted octanol–water partition coefficient (Wildman–Crippen LogP) is -0.645. The number of sulfonamides is 1. The van der Waals surface area contributed by atoms with Crippen molar-refractivity contribution in [3.63, 3.8) is 0 Å². The van der Waals surface area contributed by atoms with Crippen molar-refractivity contribution in [2.24, 2.45) is 5.73 Å². The number of amides is 1. The highest BCUT2D eigenvalue weighted by molar-refractivity contribution is 7.89. The van der Waals surface area contributed by atoms with Gasteiger partial charge in [-0.05, 0) is 24.6 Å². The Morgan fingerprint density at radius 2 is 2.11 bits per heavy atom. The second kappa shape index (κ2) is 5.74. The van der Waals surface area contributed by atoms with Crippen molar-refractivity contribution in [3.05, 3.63) is 22.7 Å². The van der Waals surface area contributed by atoms with Crippen molar-refractivity contribution in [3.8, 4) is 0 Å². The first-order valence-electron chi connectivity index (χ1n) is 5.18. The van der Waals surface area contributed by atoms with Gasteiger partial charge in [-0.3, -0.25) is 4.79 Å². The fourth-order valence-corrected chi connectivity index (χ4v) is 2.59. The van der Waals surface area contributed by atoms with Crippen LogP contribution in [0.1, 0.15) is 5.56 Å². The van der Waals surface area contributed by atoms with Crippen LogP contribution in [0.4, 0.5) is 5.69 Å². The number of aliphatic hydroxyl groups is 1. The van der Waals surface area contributed by atoms with Crippen molar-refractivity contribution in [1.29, 1.82) is 0 Å². The molecule has 0 spiro atoms. The van der Waals surface area contributed by atoms with Crippen LogP contribution in [0, 0.1) is 6.92 Å². The van der Waals surface area contributed by atoms with Crippen molar-refractivity contribution >= 4 is 33.2 Å². The molecule has 19 heavy (non-hydrogen) atoms. The molecule has 0 aromatic heterocycles. The molecule has 0 aliphatic heterocycles. The molecule has 0 bridgehead atoms. The minimum absolute atomic E-state index is 0.155. The fourth-order valence-electron chi connectivity index (χ4n) is 1.20. The van der Waals surface area contributed by atoms with Crippen molar-refractivity contribution < 1.29 is 18.3 Å². The predicted molar refractivity (Wildman–Crippen MR) is 71.0 cm³/mol. The molecule has 1 aromatic carbocycles. The number of nitrogen functional groups attached to an aromatic ring is 1. The summed E-state index contributed by atoms with van der Waals surface area (Å²) in [7, 11) is -3.93. The van der Waals surface area contributed by atoms with E-state index in [0.29, 0.717) is 5.56 Å². The summed E-state index contributed by atoms with van der Waals surface area (Å²) in [6.45, 7) is 1.13. The van der Waals surface area contributed by atoms with Crippen LogP contribution in [0.5, 0.6) is 0 Å². The van der Waals surface area contributed by atoms with Crippen molar-refractivity contribution in [1.82, 2.24) is 4.72 Å². The first-order chi connectivity index (χ1) is 8.65. The summed E-state index contributed by atoms with van der Waals surface area (Å²) in [5, 5.41) is 9.34. The summed E-state index contributed by atoms with van der Waals surface area (Å²) < 4.78 is 25.8. The third-order valence-corrected chi connectivity index (χ3v) is 4.26. The van der Waals surface area contributed by atoms with Gasteiger partial charge in [-0.2, -0.15) is 0 Å². The summed E-state index contributed by atoms with van der Waals surface area (Å²) in [5.74, 6) is -1.02. The zero-order valence-electron chi connectivity index (χ0n) is 10.1. The average Bonchev–Trinajstić information content (AvgIpc) is 2.32. The second-order valence-electron chi connectivity index (χ2n) is 3.89. The van der Waals surface area contributed by atoms with Gasteiger partial charge in [0.15, 0.2) is 0 Å². The number of anilines is 1. The number of aliphatic hydroxyl groups excluding tert-OH is 1. The Bertz CT molecular complexity index is 580. The Morgan fingerprint density at radius 1 is 1.53 bits per heavy atom. The Labute approximate surface area is 115 Å². The molecule has 6 N–H and O–H groups in total. The van der Waals surface area contributed by atoms with Crippen LogP contribution in [-0.4, -0.2) is 32.1 Å². The molecule has 1 amide bonds. The Hall–Kier alpha value is -1.35. The molecule has 0 saturated carbocycles. The summed E-state index contributed by atoms with van der Waals surface area (Å²) in [5.41, 5.74) is 11.2. The quantitative estimate of drug-likeness (QED) is 0.536. The molecule has 0 heterocycles. The lowest BCUT2D eigenvalue weighted by molar-refractivity contribution is -0.125. The standard InChI is InChI=1S/C10H14ClN3O4S/c1-5-7(11)2-6(3-8(5)12)19(17,18)14-4-9(15)10(13)16/h2-3,9,14-15H,4,12H2,1H3,(H2,13,16). The van der Waals surface area contributed by atoms with Crippen LogP contribution >= 0.6 is 11.6 Å². The van der Waals surface area contributed by atoms with E-state index in [1.165, 1.54) is 12.1 Å². The maximum Gasteiger partial charge on any atom is 0.247 e. The minimum Gasteiger partial charge on any atom is -0.398 e. The summed E-state index contributed by atoms with van der Waals surface area (Å²) in [6.07, 6.45) is -1.60. The number of hydrogen-bond acceptors (Lipinski definition) is 5. The van der Waals surface area contributed by atoms with E-state index >= 15 is 0 Å². The molecule has 1 unspecified atom stereocenters. The average molecular weight is 308 g/mol. The summed E-state index contributed by atoms with van der Waals surface area (Å²) in [6, 6.07) is 2.46. The molecule has 7 nitrogen and oxygen atoms in total. The van der Waals surface area contributed by atoms with Crippen molar-refractivity contribution in [2.45, 2.75) is 17.9 Å². The number of nitrogens with two attached hydrogens (primary N) is 2. The number of rotatable bonds is 5. The van der Waals surface area contributed by atoms with E-state index in [9.17, 15) is 13.2 Å². The van der Waals surface area contributed by atoms with Gasteiger partial charge in [0.25, 0.3) is 0 Å². The van der Waals surface area contributed by atoms with Crippen LogP contribution < -0.4 is 16.2 Å². The van der Waals surface area contributed by atoms with E-state index in [1.54, 1.807) is 6.92 Å². The molecule has 1 atom stereocenters. The monoisotopic (exact) mass is 307 g/mol. The van der Waals surface area contributed by atoms with E-state index < -0.39 is 28.6 Å². The molecule has 1 rings (SSSR count). The Balaban J connectivity index is 2.98. The third-order valence-electron chi connectivity index (χ3n) is 2.46. The maximum atomic E-state index is 11.9. The molecule has 0 aliphatic carbocycles.